The average molecular weight is 406 g/mol. The van der Waals surface area contributed by atoms with Crippen molar-refractivity contribution in [1.82, 2.24) is 19.9 Å². The molecule has 3 N–H and O–H groups in total. The first-order valence-corrected chi connectivity index (χ1v) is 10.9. The van der Waals surface area contributed by atoms with Crippen LogP contribution in [0.4, 0.5) is 0 Å². The van der Waals surface area contributed by atoms with Crippen molar-refractivity contribution < 1.29 is 4.79 Å². The van der Waals surface area contributed by atoms with Gasteiger partial charge in [-0.25, -0.2) is 9.97 Å². The molecule has 3 heterocycles. The molecular formula is C22H23N5OS. The first kappa shape index (κ1) is 18.2. The highest BCUT2D eigenvalue weighted by Gasteiger charge is 2.39. The van der Waals surface area contributed by atoms with Crippen molar-refractivity contribution in [2.24, 2.45) is 5.73 Å². The zero-order valence-corrected chi connectivity index (χ0v) is 17.1. The summed E-state index contributed by atoms with van der Waals surface area (Å²) in [7, 11) is 0. The number of nitrogens with two attached hydrogens (primary N) is 1. The Hall–Kier alpha value is -2.80. The molecular weight excluding hydrogens is 382 g/mol. The number of H-pyrrole nitrogens is 1. The zero-order valence-electron chi connectivity index (χ0n) is 16.3. The standard InChI is InChI=1S/C22H23N5OS/c1-13(27-17-4-2-3-5-18(17)29-22(27)20(23)28)14-6-8-15(9-7-14)19-16-10-11-24-21(16)26-12-25-19/h6-13,22H,2-5H2,1H3,(H2,23,28)(H,24,25,26)/t13?,22-/m0/s1. The van der Waals surface area contributed by atoms with E-state index in [1.54, 1.807) is 18.1 Å². The summed E-state index contributed by atoms with van der Waals surface area (Å²) in [4.78, 5) is 27.6. The fourth-order valence-corrected chi connectivity index (χ4v) is 5.82. The molecule has 1 aliphatic heterocycles. The number of amides is 1. The summed E-state index contributed by atoms with van der Waals surface area (Å²) in [6.07, 6.45) is 7.92. The van der Waals surface area contributed by atoms with Gasteiger partial charge in [-0.2, -0.15) is 0 Å². The van der Waals surface area contributed by atoms with Gasteiger partial charge >= 0.3 is 0 Å². The van der Waals surface area contributed by atoms with Crippen LogP contribution in [0.3, 0.4) is 0 Å². The largest absolute Gasteiger partial charge is 0.367 e. The fourth-order valence-electron chi connectivity index (χ4n) is 4.41. The molecule has 1 unspecified atom stereocenters. The van der Waals surface area contributed by atoms with Crippen LogP contribution in [-0.4, -0.2) is 31.1 Å². The van der Waals surface area contributed by atoms with Gasteiger partial charge in [0.1, 0.15) is 12.0 Å². The Morgan fingerprint density at radius 2 is 2.00 bits per heavy atom. The average Bonchev–Trinajstić information content (AvgIpc) is 3.38. The Balaban J connectivity index is 1.47. The lowest BCUT2D eigenvalue weighted by molar-refractivity contribution is -0.120. The first-order valence-electron chi connectivity index (χ1n) is 9.98. The number of benzene rings is 1. The third-order valence-corrected chi connectivity index (χ3v) is 7.30. The van der Waals surface area contributed by atoms with Crippen molar-refractivity contribution in [1.29, 1.82) is 0 Å². The molecule has 1 aliphatic carbocycles. The second kappa shape index (κ2) is 7.22. The van der Waals surface area contributed by atoms with Gasteiger partial charge in [0.05, 0.1) is 11.7 Å². The molecule has 6 nitrogen and oxygen atoms in total. The summed E-state index contributed by atoms with van der Waals surface area (Å²) in [6.45, 7) is 2.16. The quantitative estimate of drug-likeness (QED) is 0.674. The topological polar surface area (TPSA) is 87.9 Å². The number of primary amides is 1. The van der Waals surface area contributed by atoms with E-state index >= 15 is 0 Å². The Labute approximate surface area is 173 Å². The van der Waals surface area contributed by atoms with Crippen molar-refractivity contribution >= 4 is 28.7 Å². The van der Waals surface area contributed by atoms with Gasteiger partial charge in [-0.05, 0) is 44.2 Å². The third kappa shape index (κ3) is 3.09. The Bertz CT molecular complexity index is 1100. The smallest absolute Gasteiger partial charge is 0.251 e. The number of aromatic nitrogens is 3. The number of rotatable bonds is 4. The van der Waals surface area contributed by atoms with E-state index in [0.29, 0.717) is 0 Å². The molecule has 5 rings (SSSR count). The number of carbonyl (C=O) groups is 1. The van der Waals surface area contributed by atoms with E-state index < -0.39 is 0 Å². The predicted octanol–water partition coefficient (Wildman–Crippen LogP) is 4.33. The van der Waals surface area contributed by atoms with Gasteiger partial charge in [-0.3, -0.25) is 4.79 Å². The van der Waals surface area contributed by atoms with Crippen molar-refractivity contribution in [2.75, 3.05) is 0 Å². The number of hydrogen-bond donors (Lipinski definition) is 2. The van der Waals surface area contributed by atoms with Gasteiger partial charge in [-0.1, -0.05) is 36.0 Å². The van der Waals surface area contributed by atoms with E-state index in [1.807, 2.05) is 12.3 Å². The lowest BCUT2D eigenvalue weighted by Gasteiger charge is -2.34. The molecule has 0 saturated heterocycles. The van der Waals surface area contributed by atoms with Crippen LogP contribution in [0.25, 0.3) is 22.3 Å². The number of hydrogen-bond acceptors (Lipinski definition) is 5. The molecule has 2 aromatic heterocycles. The van der Waals surface area contributed by atoms with E-state index in [9.17, 15) is 4.79 Å². The Morgan fingerprint density at radius 3 is 2.79 bits per heavy atom. The van der Waals surface area contributed by atoms with E-state index in [-0.39, 0.29) is 17.3 Å². The summed E-state index contributed by atoms with van der Waals surface area (Å²) < 4.78 is 0. The fraction of sp³-hybridized carbons (Fsp3) is 0.318. The summed E-state index contributed by atoms with van der Waals surface area (Å²) in [5.41, 5.74) is 11.0. The van der Waals surface area contributed by atoms with Crippen LogP contribution in [0.1, 0.15) is 44.2 Å². The number of thioether (sulfide) groups is 1. The lowest BCUT2D eigenvalue weighted by atomic mass is 9.98. The first-order chi connectivity index (χ1) is 14.1. The minimum Gasteiger partial charge on any atom is -0.367 e. The molecule has 0 radical (unpaired) electrons. The van der Waals surface area contributed by atoms with Gasteiger partial charge in [0, 0.05) is 27.7 Å². The molecule has 0 bridgehead atoms. The molecule has 29 heavy (non-hydrogen) atoms. The van der Waals surface area contributed by atoms with Crippen LogP contribution < -0.4 is 5.73 Å². The molecule has 0 saturated carbocycles. The van der Waals surface area contributed by atoms with Crippen LogP contribution in [0.15, 0.2) is 53.5 Å². The van der Waals surface area contributed by atoms with E-state index in [0.717, 1.165) is 35.1 Å². The highest BCUT2D eigenvalue weighted by molar-refractivity contribution is 8.04. The summed E-state index contributed by atoms with van der Waals surface area (Å²) in [6, 6.07) is 10.5. The van der Waals surface area contributed by atoms with Crippen LogP contribution in [0.2, 0.25) is 0 Å². The molecule has 3 aromatic rings. The van der Waals surface area contributed by atoms with Crippen molar-refractivity contribution in [3.63, 3.8) is 0 Å². The molecule has 148 valence electrons. The van der Waals surface area contributed by atoms with Crippen molar-refractivity contribution in [2.45, 2.75) is 44.0 Å². The summed E-state index contributed by atoms with van der Waals surface area (Å²) >= 11 is 1.65. The number of nitrogens with zero attached hydrogens (tertiary/aromatic N) is 3. The van der Waals surface area contributed by atoms with E-state index in [2.05, 4.69) is 51.0 Å². The molecule has 1 aromatic carbocycles. The maximum absolute atomic E-state index is 12.1. The van der Waals surface area contributed by atoms with Gasteiger partial charge in [0.15, 0.2) is 5.37 Å². The monoisotopic (exact) mass is 405 g/mol. The third-order valence-electron chi connectivity index (χ3n) is 5.89. The minimum atomic E-state index is -0.311. The number of carbonyl (C=O) groups excluding carboxylic acids is 1. The molecule has 7 heteroatoms. The summed E-state index contributed by atoms with van der Waals surface area (Å²) in [5, 5.41) is 0.698. The SMILES string of the molecule is CC(c1ccc(-c2ncnc3[nH]ccc23)cc1)N1C2=C(CCCC2)S[C@H]1C(N)=O. The Kier molecular flexibility index (Phi) is 4.54. The number of aromatic amines is 1. The van der Waals surface area contributed by atoms with Crippen LogP contribution >= 0.6 is 11.8 Å². The Morgan fingerprint density at radius 1 is 1.21 bits per heavy atom. The number of fused-ring (bicyclic) bond motifs is 1. The van der Waals surface area contributed by atoms with Crippen LogP contribution in [0, 0.1) is 0 Å². The normalized spacial score (nSPS) is 20.2. The van der Waals surface area contributed by atoms with Crippen LogP contribution in [-0.2, 0) is 4.79 Å². The summed E-state index contributed by atoms with van der Waals surface area (Å²) in [5.74, 6) is -0.260. The maximum atomic E-state index is 12.1. The number of nitrogens with one attached hydrogen (secondary N) is 1. The molecule has 2 atom stereocenters. The van der Waals surface area contributed by atoms with Crippen molar-refractivity contribution in [3.8, 4) is 11.3 Å². The molecule has 1 amide bonds. The second-order valence-electron chi connectivity index (χ2n) is 7.62. The highest BCUT2D eigenvalue weighted by atomic mass is 32.2. The second-order valence-corrected chi connectivity index (χ2v) is 8.79. The van der Waals surface area contributed by atoms with E-state index in [4.69, 9.17) is 5.73 Å². The van der Waals surface area contributed by atoms with Gasteiger partial charge in [0.2, 0.25) is 0 Å². The highest BCUT2D eigenvalue weighted by Crippen LogP contribution is 2.48. The van der Waals surface area contributed by atoms with Gasteiger partial charge < -0.3 is 15.6 Å². The molecule has 0 fully saturated rings. The lowest BCUT2D eigenvalue weighted by Crippen LogP contribution is -2.40. The predicted molar refractivity (Wildman–Crippen MR) is 116 cm³/mol. The van der Waals surface area contributed by atoms with Gasteiger partial charge in [0.25, 0.3) is 5.91 Å². The maximum Gasteiger partial charge on any atom is 0.251 e. The molecule has 0 spiro atoms. The van der Waals surface area contributed by atoms with Crippen LogP contribution in [0.5, 0.6) is 0 Å². The zero-order chi connectivity index (χ0) is 20.0. The molecule has 2 aliphatic rings. The van der Waals surface area contributed by atoms with Crippen molar-refractivity contribution in [3.05, 3.63) is 59.0 Å². The minimum absolute atomic E-state index is 0.0809. The van der Waals surface area contributed by atoms with E-state index in [1.165, 1.54) is 29.0 Å². The number of allylic oxidation sites excluding steroid dienone is 2. The van der Waals surface area contributed by atoms with Gasteiger partial charge in [-0.15, -0.1) is 0 Å².